The fourth-order valence-electron chi connectivity index (χ4n) is 3.73. The van der Waals surface area contributed by atoms with Gasteiger partial charge in [-0.05, 0) is 72.5 Å². The number of hydrogen-bond acceptors (Lipinski definition) is 6. The summed E-state index contributed by atoms with van der Waals surface area (Å²) in [5.74, 6) is 0.590. The van der Waals surface area contributed by atoms with Gasteiger partial charge >= 0.3 is 0 Å². The fourth-order valence-corrected chi connectivity index (χ4v) is 4.02. The van der Waals surface area contributed by atoms with Crippen LogP contribution in [-0.2, 0) is 19.4 Å². The smallest absolute Gasteiger partial charge is 0.213 e. The molecule has 4 rings (SSSR count). The second kappa shape index (κ2) is 7.62. The number of pyridine rings is 1. The molecule has 1 aliphatic carbocycles. The summed E-state index contributed by atoms with van der Waals surface area (Å²) in [4.78, 5) is 4.33. The number of rotatable bonds is 6. The molecule has 2 heterocycles. The van der Waals surface area contributed by atoms with Gasteiger partial charge in [-0.15, -0.1) is 0 Å². The van der Waals surface area contributed by atoms with Gasteiger partial charge in [0.1, 0.15) is 11.6 Å². The van der Waals surface area contributed by atoms with Crippen LogP contribution in [0, 0.1) is 6.92 Å². The van der Waals surface area contributed by atoms with E-state index < -0.39 is 0 Å². The quantitative estimate of drug-likeness (QED) is 0.502. The summed E-state index contributed by atoms with van der Waals surface area (Å²) in [6.45, 7) is 3.23. The number of nitrogen functional groups attached to an aromatic ring is 1. The molecule has 0 fully saturated rings. The molecule has 0 radical (unpaired) electrons. The fraction of sp³-hybridized carbons (Fsp3) is 0.300. The molecule has 27 heavy (non-hydrogen) atoms. The van der Waals surface area contributed by atoms with Crippen LogP contribution < -0.4 is 15.6 Å². The van der Waals surface area contributed by atoms with Crippen molar-refractivity contribution in [3.8, 4) is 17.0 Å². The van der Waals surface area contributed by atoms with Gasteiger partial charge in [0.2, 0.25) is 5.88 Å². The van der Waals surface area contributed by atoms with Gasteiger partial charge in [0.15, 0.2) is 0 Å². The number of nitrogens with zero attached hydrogens (tertiary/aromatic N) is 3. The first-order valence-corrected chi connectivity index (χ1v) is 9.94. The van der Waals surface area contributed by atoms with E-state index in [2.05, 4.69) is 23.1 Å². The number of aromatic nitrogens is 3. The number of benzene rings is 1. The van der Waals surface area contributed by atoms with Gasteiger partial charge in [0, 0.05) is 29.7 Å². The van der Waals surface area contributed by atoms with E-state index in [4.69, 9.17) is 15.6 Å². The topological polar surface area (TPSA) is 92.0 Å². The van der Waals surface area contributed by atoms with E-state index in [0.29, 0.717) is 19.0 Å². The summed E-state index contributed by atoms with van der Waals surface area (Å²) in [6.07, 6.45) is 7.04. The van der Waals surface area contributed by atoms with Crippen LogP contribution >= 0.6 is 11.9 Å². The van der Waals surface area contributed by atoms with Crippen molar-refractivity contribution in [2.45, 2.75) is 37.8 Å². The molecule has 3 aromatic rings. The molecule has 6 nitrogen and oxygen atoms in total. The molecule has 0 saturated carbocycles. The maximum atomic E-state index is 6.52. The largest absolute Gasteiger partial charge is 0.476 e. The molecule has 0 spiro atoms. The lowest BCUT2D eigenvalue weighted by Gasteiger charge is -2.15. The standard InChI is InChI=1S/C20H23N5OS/c1-13-11-14-3-2-4-16(14)20(21)19(13)15-5-7-23-17(12-15)26-10-9-25-8-6-18(24-25)27-22/h5-8,11-12H,2-4,9-10,21-22H2,1H3. The molecular weight excluding hydrogens is 358 g/mol. The lowest BCUT2D eigenvalue weighted by Crippen LogP contribution is -2.09. The van der Waals surface area contributed by atoms with Crippen LogP contribution in [0.3, 0.4) is 0 Å². The second-order valence-electron chi connectivity index (χ2n) is 6.74. The highest BCUT2D eigenvalue weighted by Crippen LogP contribution is 2.38. The molecule has 7 heteroatoms. The summed E-state index contributed by atoms with van der Waals surface area (Å²) >= 11 is 1.13. The monoisotopic (exact) mass is 381 g/mol. The van der Waals surface area contributed by atoms with Crippen LogP contribution in [0.15, 0.2) is 41.7 Å². The third-order valence-electron chi connectivity index (χ3n) is 4.97. The lowest BCUT2D eigenvalue weighted by atomic mass is 9.93. The van der Waals surface area contributed by atoms with Crippen LogP contribution in [-0.4, -0.2) is 21.4 Å². The van der Waals surface area contributed by atoms with Gasteiger partial charge in [-0.25, -0.2) is 4.98 Å². The lowest BCUT2D eigenvalue weighted by molar-refractivity contribution is 0.280. The van der Waals surface area contributed by atoms with Gasteiger partial charge in [0.25, 0.3) is 0 Å². The molecular formula is C20H23N5OS. The summed E-state index contributed by atoms with van der Waals surface area (Å²) in [7, 11) is 0. The highest BCUT2D eigenvalue weighted by molar-refractivity contribution is 7.97. The van der Waals surface area contributed by atoms with Crippen LogP contribution in [0.5, 0.6) is 5.88 Å². The molecule has 4 N–H and O–H groups in total. The minimum Gasteiger partial charge on any atom is -0.476 e. The van der Waals surface area contributed by atoms with Crippen LogP contribution in [0.4, 0.5) is 5.69 Å². The van der Waals surface area contributed by atoms with E-state index in [1.54, 1.807) is 6.20 Å². The third kappa shape index (κ3) is 3.65. The first-order chi connectivity index (χ1) is 13.2. The number of fused-ring (bicyclic) bond motifs is 1. The maximum Gasteiger partial charge on any atom is 0.213 e. The Labute approximate surface area is 163 Å². The summed E-state index contributed by atoms with van der Waals surface area (Å²) in [5.41, 5.74) is 13.5. The van der Waals surface area contributed by atoms with Crippen LogP contribution in [0.2, 0.25) is 0 Å². The molecule has 0 amide bonds. The summed E-state index contributed by atoms with van der Waals surface area (Å²) in [6, 6.07) is 8.11. The van der Waals surface area contributed by atoms with E-state index in [0.717, 1.165) is 46.6 Å². The number of ether oxygens (including phenoxy) is 1. The highest BCUT2D eigenvalue weighted by atomic mass is 32.2. The number of nitrogens with two attached hydrogens (primary N) is 2. The Morgan fingerprint density at radius 1 is 1.26 bits per heavy atom. The number of anilines is 1. The zero-order valence-corrected chi connectivity index (χ0v) is 16.1. The Balaban J connectivity index is 1.51. The van der Waals surface area contributed by atoms with Crippen molar-refractivity contribution in [2.24, 2.45) is 5.14 Å². The van der Waals surface area contributed by atoms with Crippen molar-refractivity contribution >= 4 is 17.6 Å². The number of aryl methyl sites for hydroxylation is 2. The highest BCUT2D eigenvalue weighted by Gasteiger charge is 2.19. The van der Waals surface area contributed by atoms with Crippen molar-refractivity contribution < 1.29 is 4.74 Å². The Kier molecular flexibility index (Phi) is 5.05. The van der Waals surface area contributed by atoms with Gasteiger partial charge in [-0.2, -0.15) is 5.10 Å². The van der Waals surface area contributed by atoms with E-state index in [-0.39, 0.29) is 0 Å². The average molecular weight is 382 g/mol. The van der Waals surface area contributed by atoms with Crippen molar-refractivity contribution in [1.29, 1.82) is 0 Å². The predicted octanol–water partition coefficient (Wildman–Crippen LogP) is 3.37. The Hall–Kier alpha value is -2.51. The Bertz CT molecular complexity index is 969. The van der Waals surface area contributed by atoms with Crippen molar-refractivity contribution in [2.75, 3.05) is 12.3 Å². The van der Waals surface area contributed by atoms with E-state index in [1.807, 2.05) is 29.1 Å². The summed E-state index contributed by atoms with van der Waals surface area (Å²) in [5, 5.41) is 10.6. The Morgan fingerprint density at radius 3 is 2.96 bits per heavy atom. The molecule has 0 bridgehead atoms. The molecule has 0 aliphatic heterocycles. The SMILES string of the molecule is Cc1cc2c(c(N)c1-c1ccnc(OCCn3ccc(SN)n3)c1)CCC2. The minimum atomic E-state index is 0.478. The molecule has 2 aromatic heterocycles. The van der Waals surface area contributed by atoms with Gasteiger partial charge < -0.3 is 10.5 Å². The first kappa shape index (κ1) is 17.9. The molecule has 140 valence electrons. The van der Waals surface area contributed by atoms with Crippen LogP contribution in [0.25, 0.3) is 11.1 Å². The molecule has 1 aliphatic rings. The zero-order chi connectivity index (χ0) is 18.8. The van der Waals surface area contributed by atoms with E-state index in [9.17, 15) is 0 Å². The average Bonchev–Trinajstić information content (AvgIpc) is 3.31. The van der Waals surface area contributed by atoms with Crippen molar-refractivity contribution in [3.63, 3.8) is 0 Å². The van der Waals surface area contributed by atoms with E-state index >= 15 is 0 Å². The predicted molar refractivity (Wildman–Crippen MR) is 109 cm³/mol. The van der Waals surface area contributed by atoms with Gasteiger partial charge in [-0.3, -0.25) is 9.82 Å². The summed E-state index contributed by atoms with van der Waals surface area (Å²) < 4.78 is 7.64. The minimum absolute atomic E-state index is 0.478. The third-order valence-corrected chi connectivity index (χ3v) is 5.43. The second-order valence-corrected chi connectivity index (χ2v) is 7.39. The molecule has 0 atom stereocenters. The maximum absolute atomic E-state index is 6.52. The van der Waals surface area contributed by atoms with Gasteiger partial charge in [-0.1, -0.05) is 6.07 Å². The molecule has 0 saturated heterocycles. The van der Waals surface area contributed by atoms with Crippen molar-refractivity contribution in [1.82, 2.24) is 14.8 Å². The van der Waals surface area contributed by atoms with Gasteiger partial charge in [0.05, 0.1) is 6.54 Å². The van der Waals surface area contributed by atoms with Crippen molar-refractivity contribution in [3.05, 3.63) is 53.3 Å². The van der Waals surface area contributed by atoms with E-state index in [1.165, 1.54) is 23.1 Å². The van der Waals surface area contributed by atoms with Crippen LogP contribution in [0.1, 0.15) is 23.1 Å². The normalized spacial score (nSPS) is 13.0. The zero-order valence-electron chi connectivity index (χ0n) is 15.3. The molecule has 1 aromatic carbocycles. The first-order valence-electron chi connectivity index (χ1n) is 9.06. The molecule has 0 unspecified atom stereocenters. The Morgan fingerprint density at radius 2 is 2.15 bits per heavy atom. The number of hydrogen-bond donors (Lipinski definition) is 2.